The second-order valence-electron chi connectivity index (χ2n) is 5.25. The summed E-state index contributed by atoms with van der Waals surface area (Å²) in [5.74, 6) is 0. The SMILES string of the molecule is CCC1(C)OCCN1C(=O)NS(=O)(=O)c1ccc(C)cc1. The first kappa shape index (κ1) is 15.8. The van der Waals surface area contributed by atoms with E-state index in [1.165, 1.54) is 17.0 Å². The fourth-order valence-electron chi connectivity index (χ4n) is 2.23. The molecular weight excluding hydrogens is 292 g/mol. The highest BCUT2D eigenvalue weighted by molar-refractivity contribution is 7.90. The molecule has 1 aliphatic heterocycles. The number of nitrogens with one attached hydrogen (secondary N) is 1. The van der Waals surface area contributed by atoms with Crippen molar-refractivity contribution in [2.24, 2.45) is 0 Å². The van der Waals surface area contributed by atoms with Gasteiger partial charge < -0.3 is 4.74 Å². The molecule has 0 aromatic heterocycles. The summed E-state index contributed by atoms with van der Waals surface area (Å²) in [6.45, 7) is 6.31. The number of benzene rings is 1. The average molecular weight is 312 g/mol. The van der Waals surface area contributed by atoms with Crippen molar-refractivity contribution < 1.29 is 17.9 Å². The Morgan fingerprint density at radius 1 is 1.38 bits per heavy atom. The summed E-state index contributed by atoms with van der Waals surface area (Å²) < 4.78 is 32.1. The molecule has 1 fully saturated rings. The largest absolute Gasteiger partial charge is 0.354 e. The van der Waals surface area contributed by atoms with Gasteiger partial charge in [0, 0.05) is 6.54 Å². The van der Waals surface area contributed by atoms with Crippen molar-refractivity contribution >= 4 is 16.1 Å². The van der Waals surface area contributed by atoms with Crippen molar-refractivity contribution in [3.8, 4) is 0 Å². The number of carbonyl (C=O) groups is 1. The zero-order chi connectivity index (χ0) is 15.7. The van der Waals surface area contributed by atoms with Gasteiger partial charge in [0.25, 0.3) is 10.0 Å². The van der Waals surface area contributed by atoms with E-state index >= 15 is 0 Å². The maximum atomic E-state index is 12.2. The number of hydrogen-bond donors (Lipinski definition) is 1. The summed E-state index contributed by atoms with van der Waals surface area (Å²) in [5, 5.41) is 0. The van der Waals surface area contributed by atoms with E-state index in [4.69, 9.17) is 4.74 Å². The molecule has 2 amide bonds. The molecule has 0 radical (unpaired) electrons. The third-order valence-corrected chi connectivity index (χ3v) is 5.09. The van der Waals surface area contributed by atoms with Crippen LogP contribution in [-0.4, -0.2) is 38.2 Å². The number of amides is 2. The zero-order valence-corrected chi connectivity index (χ0v) is 13.2. The van der Waals surface area contributed by atoms with Crippen LogP contribution in [0.5, 0.6) is 0 Å². The Morgan fingerprint density at radius 2 is 2.00 bits per heavy atom. The fraction of sp³-hybridized carbons (Fsp3) is 0.500. The summed E-state index contributed by atoms with van der Waals surface area (Å²) in [5.41, 5.74) is 0.194. The summed E-state index contributed by atoms with van der Waals surface area (Å²) in [6.07, 6.45) is 0.588. The molecule has 0 bridgehead atoms. The van der Waals surface area contributed by atoms with Gasteiger partial charge in [0.05, 0.1) is 11.5 Å². The molecule has 7 heteroatoms. The molecule has 116 valence electrons. The normalized spacial score (nSPS) is 22.3. The minimum absolute atomic E-state index is 0.0692. The molecule has 1 heterocycles. The first-order valence-electron chi connectivity index (χ1n) is 6.83. The Hall–Kier alpha value is -1.60. The number of carbonyl (C=O) groups excluding carboxylic acids is 1. The summed E-state index contributed by atoms with van der Waals surface area (Å²) >= 11 is 0. The van der Waals surface area contributed by atoms with Crippen LogP contribution < -0.4 is 4.72 Å². The van der Waals surface area contributed by atoms with Gasteiger partial charge in [-0.05, 0) is 32.4 Å². The van der Waals surface area contributed by atoms with E-state index in [1.54, 1.807) is 19.1 Å². The third-order valence-electron chi connectivity index (χ3n) is 3.75. The smallest absolute Gasteiger partial charge is 0.333 e. The Bertz CT molecular complexity index is 627. The molecule has 21 heavy (non-hydrogen) atoms. The Balaban J connectivity index is 2.17. The topological polar surface area (TPSA) is 75.7 Å². The quantitative estimate of drug-likeness (QED) is 0.924. The van der Waals surface area contributed by atoms with Gasteiger partial charge >= 0.3 is 6.03 Å². The van der Waals surface area contributed by atoms with Crippen molar-refractivity contribution in [2.45, 2.75) is 37.8 Å². The maximum Gasteiger partial charge on any atom is 0.333 e. The van der Waals surface area contributed by atoms with Crippen LogP contribution in [0, 0.1) is 6.92 Å². The van der Waals surface area contributed by atoms with E-state index in [0.717, 1.165) is 5.56 Å². The van der Waals surface area contributed by atoms with Crippen LogP contribution in [0.2, 0.25) is 0 Å². The van der Waals surface area contributed by atoms with Crippen molar-refractivity contribution in [2.75, 3.05) is 13.2 Å². The number of urea groups is 1. The van der Waals surface area contributed by atoms with E-state index in [0.29, 0.717) is 19.6 Å². The highest BCUT2D eigenvalue weighted by Gasteiger charge is 2.40. The van der Waals surface area contributed by atoms with Gasteiger partial charge in [0.15, 0.2) is 0 Å². The molecule has 1 saturated heterocycles. The van der Waals surface area contributed by atoms with Crippen LogP contribution in [0.25, 0.3) is 0 Å². The third kappa shape index (κ3) is 3.19. The van der Waals surface area contributed by atoms with E-state index in [-0.39, 0.29) is 4.90 Å². The van der Waals surface area contributed by atoms with Gasteiger partial charge in [-0.1, -0.05) is 24.6 Å². The second-order valence-corrected chi connectivity index (χ2v) is 6.93. The van der Waals surface area contributed by atoms with Crippen molar-refractivity contribution in [3.05, 3.63) is 29.8 Å². The van der Waals surface area contributed by atoms with Gasteiger partial charge in [-0.15, -0.1) is 0 Å². The number of ether oxygens (including phenoxy) is 1. The molecule has 0 aliphatic carbocycles. The molecule has 1 atom stereocenters. The predicted octanol–water partition coefficient (Wildman–Crippen LogP) is 1.85. The molecule has 1 aromatic carbocycles. The lowest BCUT2D eigenvalue weighted by Crippen LogP contribution is -2.51. The molecule has 0 spiro atoms. The number of nitrogens with zero attached hydrogens (tertiary/aromatic N) is 1. The maximum absolute atomic E-state index is 12.2. The van der Waals surface area contributed by atoms with Crippen molar-refractivity contribution in [1.29, 1.82) is 0 Å². The number of sulfonamides is 1. The van der Waals surface area contributed by atoms with Gasteiger partial charge in [-0.3, -0.25) is 4.90 Å². The molecular formula is C14H20N2O4S. The van der Waals surface area contributed by atoms with Crippen molar-refractivity contribution in [1.82, 2.24) is 9.62 Å². The minimum atomic E-state index is -3.87. The van der Waals surface area contributed by atoms with Crippen LogP contribution in [0.4, 0.5) is 4.79 Å². The Labute approximate surface area is 125 Å². The van der Waals surface area contributed by atoms with Crippen LogP contribution in [0.3, 0.4) is 0 Å². The van der Waals surface area contributed by atoms with Gasteiger partial charge in [0.1, 0.15) is 5.72 Å². The van der Waals surface area contributed by atoms with Gasteiger partial charge in [-0.25, -0.2) is 17.9 Å². The monoisotopic (exact) mass is 312 g/mol. The van der Waals surface area contributed by atoms with E-state index < -0.39 is 21.8 Å². The van der Waals surface area contributed by atoms with E-state index in [9.17, 15) is 13.2 Å². The molecule has 1 aliphatic rings. The lowest BCUT2D eigenvalue weighted by Gasteiger charge is -2.32. The van der Waals surface area contributed by atoms with Crippen LogP contribution in [0.15, 0.2) is 29.2 Å². The molecule has 1 unspecified atom stereocenters. The Kier molecular flexibility index (Phi) is 4.25. The first-order chi connectivity index (χ1) is 9.78. The number of aryl methyl sites for hydroxylation is 1. The van der Waals surface area contributed by atoms with E-state index in [2.05, 4.69) is 4.72 Å². The highest BCUT2D eigenvalue weighted by Crippen LogP contribution is 2.26. The number of rotatable bonds is 3. The molecule has 1 aromatic rings. The van der Waals surface area contributed by atoms with Gasteiger partial charge in [-0.2, -0.15) is 0 Å². The lowest BCUT2D eigenvalue weighted by molar-refractivity contribution is -0.0489. The average Bonchev–Trinajstić information content (AvgIpc) is 2.81. The highest BCUT2D eigenvalue weighted by atomic mass is 32.2. The minimum Gasteiger partial charge on any atom is -0.354 e. The first-order valence-corrected chi connectivity index (χ1v) is 8.32. The Morgan fingerprint density at radius 3 is 2.57 bits per heavy atom. The van der Waals surface area contributed by atoms with Crippen LogP contribution >= 0.6 is 0 Å². The summed E-state index contributed by atoms with van der Waals surface area (Å²) in [7, 11) is -3.87. The van der Waals surface area contributed by atoms with Crippen LogP contribution in [-0.2, 0) is 14.8 Å². The summed E-state index contributed by atoms with van der Waals surface area (Å²) in [4.78, 5) is 13.7. The number of hydrogen-bond acceptors (Lipinski definition) is 4. The fourth-order valence-corrected chi connectivity index (χ4v) is 3.18. The standard InChI is InChI=1S/C14H20N2O4S/c1-4-14(3)16(9-10-20-14)13(17)15-21(18,19)12-7-5-11(2)6-8-12/h5-8H,4,9-10H2,1-3H3,(H,15,17). The van der Waals surface area contributed by atoms with Gasteiger partial charge in [0.2, 0.25) is 0 Å². The molecule has 2 rings (SSSR count). The lowest BCUT2D eigenvalue weighted by atomic mass is 10.2. The molecule has 6 nitrogen and oxygen atoms in total. The predicted molar refractivity (Wildman–Crippen MR) is 78.3 cm³/mol. The zero-order valence-electron chi connectivity index (χ0n) is 12.4. The van der Waals surface area contributed by atoms with Crippen molar-refractivity contribution in [3.63, 3.8) is 0 Å². The van der Waals surface area contributed by atoms with E-state index in [1.807, 2.05) is 13.8 Å². The summed E-state index contributed by atoms with van der Waals surface area (Å²) in [6, 6.07) is 5.68. The second kappa shape index (κ2) is 5.65. The van der Waals surface area contributed by atoms with Crippen LogP contribution in [0.1, 0.15) is 25.8 Å². The molecule has 1 N–H and O–H groups in total. The molecule has 0 saturated carbocycles.